The van der Waals surface area contributed by atoms with E-state index in [1.54, 1.807) is 55.6 Å². The molecule has 3 aromatic rings. The number of aromatic nitrogens is 3. The maximum Gasteiger partial charge on any atom is 0.278 e. The molecule has 9 nitrogen and oxygen atoms in total. The van der Waals surface area contributed by atoms with Crippen LogP contribution in [0.5, 0.6) is 5.75 Å². The minimum Gasteiger partial charge on any atom is -0.497 e. The van der Waals surface area contributed by atoms with E-state index in [9.17, 15) is 14.4 Å². The van der Waals surface area contributed by atoms with Gasteiger partial charge in [-0.1, -0.05) is 43.0 Å². The Balaban J connectivity index is 1.77. The van der Waals surface area contributed by atoms with E-state index in [0.717, 1.165) is 11.8 Å². The van der Waals surface area contributed by atoms with Gasteiger partial charge < -0.3 is 15.4 Å². The number of aromatic amines is 1. The smallest absolute Gasteiger partial charge is 0.278 e. The summed E-state index contributed by atoms with van der Waals surface area (Å²) in [7, 11) is 1.55. The quantitative estimate of drug-likeness (QED) is 0.447. The van der Waals surface area contributed by atoms with Crippen molar-refractivity contribution in [3.05, 3.63) is 58.9 Å². The molecule has 1 atom stereocenters. The summed E-state index contributed by atoms with van der Waals surface area (Å²) in [6.45, 7) is 3.25. The van der Waals surface area contributed by atoms with Crippen LogP contribution in [0.3, 0.4) is 0 Å². The van der Waals surface area contributed by atoms with Gasteiger partial charge in [0.05, 0.1) is 18.0 Å². The molecule has 0 bridgehead atoms. The first-order valence-corrected chi connectivity index (χ1v) is 10.7. The van der Waals surface area contributed by atoms with Gasteiger partial charge in [-0.2, -0.15) is 0 Å². The van der Waals surface area contributed by atoms with E-state index in [0.29, 0.717) is 29.1 Å². The summed E-state index contributed by atoms with van der Waals surface area (Å²) in [6.07, 6.45) is 0.511. The van der Waals surface area contributed by atoms with E-state index in [1.165, 1.54) is 6.92 Å². The van der Waals surface area contributed by atoms with Gasteiger partial charge in [0.1, 0.15) is 5.75 Å². The molecule has 0 aliphatic carbocycles. The van der Waals surface area contributed by atoms with Crippen LogP contribution in [-0.2, 0) is 9.59 Å². The van der Waals surface area contributed by atoms with Crippen molar-refractivity contribution in [2.75, 3.05) is 17.7 Å². The van der Waals surface area contributed by atoms with Crippen LogP contribution >= 0.6 is 11.8 Å². The lowest BCUT2D eigenvalue weighted by Gasteiger charge is -2.14. The number of ether oxygens (including phenoxy) is 1. The number of amides is 2. The average molecular weight is 454 g/mol. The fourth-order valence-corrected chi connectivity index (χ4v) is 3.76. The largest absolute Gasteiger partial charge is 0.497 e. The zero-order chi connectivity index (χ0) is 23.1. The Kier molecular flexibility index (Phi) is 7.61. The van der Waals surface area contributed by atoms with Gasteiger partial charge in [0.2, 0.25) is 11.8 Å². The average Bonchev–Trinajstić information content (AvgIpc) is 2.78. The maximum absolute atomic E-state index is 12.7. The van der Waals surface area contributed by atoms with Crippen LogP contribution in [0.2, 0.25) is 0 Å². The van der Waals surface area contributed by atoms with E-state index in [-0.39, 0.29) is 22.7 Å². The predicted molar refractivity (Wildman–Crippen MR) is 124 cm³/mol. The van der Waals surface area contributed by atoms with Crippen molar-refractivity contribution in [3.8, 4) is 17.0 Å². The number of hydrogen-bond donors (Lipinski definition) is 3. The zero-order valence-corrected chi connectivity index (χ0v) is 18.7. The molecule has 1 heterocycles. The van der Waals surface area contributed by atoms with Crippen molar-refractivity contribution in [1.29, 1.82) is 0 Å². The van der Waals surface area contributed by atoms with Crippen LogP contribution in [0.15, 0.2) is 58.5 Å². The van der Waals surface area contributed by atoms with E-state index in [4.69, 9.17) is 4.74 Å². The van der Waals surface area contributed by atoms with Crippen LogP contribution in [-0.4, -0.2) is 39.4 Å². The first kappa shape index (κ1) is 23.0. The Hall–Kier alpha value is -3.66. The van der Waals surface area contributed by atoms with Gasteiger partial charge in [0.25, 0.3) is 5.56 Å². The molecule has 0 fully saturated rings. The maximum atomic E-state index is 12.7. The summed E-state index contributed by atoms with van der Waals surface area (Å²) < 4.78 is 5.17. The number of hydrogen-bond acceptors (Lipinski definition) is 7. The molecule has 1 aromatic heterocycles. The molecule has 32 heavy (non-hydrogen) atoms. The third kappa shape index (κ3) is 5.73. The molecule has 0 aliphatic rings. The molecule has 0 saturated heterocycles. The van der Waals surface area contributed by atoms with Gasteiger partial charge in [0.15, 0.2) is 10.9 Å². The highest BCUT2D eigenvalue weighted by Crippen LogP contribution is 2.26. The molecular weight excluding hydrogens is 430 g/mol. The summed E-state index contributed by atoms with van der Waals surface area (Å²) in [5.41, 5.74) is 1.13. The number of thioether (sulfide) groups is 1. The van der Waals surface area contributed by atoms with Gasteiger partial charge in [-0.15, -0.1) is 10.2 Å². The number of benzene rings is 2. The van der Waals surface area contributed by atoms with E-state index < -0.39 is 10.8 Å². The number of carbonyl (C=O) groups is 2. The Morgan fingerprint density at radius 2 is 1.91 bits per heavy atom. The van der Waals surface area contributed by atoms with Gasteiger partial charge in [-0.05, 0) is 24.6 Å². The molecule has 10 heteroatoms. The number of nitrogens with one attached hydrogen (secondary N) is 3. The van der Waals surface area contributed by atoms with Gasteiger partial charge in [0, 0.05) is 24.2 Å². The number of H-pyrrole nitrogens is 1. The molecule has 0 radical (unpaired) electrons. The summed E-state index contributed by atoms with van der Waals surface area (Å²) in [4.78, 5) is 39.5. The number of para-hydroxylation sites is 1. The highest BCUT2D eigenvalue weighted by Gasteiger charge is 2.21. The molecule has 0 spiro atoms. The second kappa shape index (κ2) is 10.6. The predicted octanol–water partition coefficient (Wildman–Crippen LogP) is 3.31. The third-order valence-corrected chi connectivity index (χ3v) is 5.66. The molecule has 0 saturated carbocycles. The van der Waals surface area contributed by atoms with Crippen LogP contribution in [0.1, 0.15) is 20.3 Å². The van der Waals surface area contributed by atoms with E-state index in [2.05, 4.69) is 25.8 Å². The molecular formula is C22H23N5O4S. The molecule has 166 valence electrons. The van der Waals surface area contributed by atoms with Crippen molar-refractivity contribution in [2.45, 2.75) is 30.7 Å². The van der Waals surface area contributed by atoms with Crippen molar-refractivity contribution in [1.82, 2.24) is 15.2 Å². The van der Waals surface area contributed by atoms with Gasteiger partial charge in [-0.3, -0.25) is 19.4 Å². The van der Waals surface area contributed by atoms with E-state index in [1.807, 2.05) is 6.92 Å². The molecule has 1 unspecified atom stereocenters. The zero-order valence-electron chi connectivity index (χ0n) is 17.8. The summed E-state index contributed by atoms with van der Waals surface area (Å²) in [5.74, 6) is 0.143. The highest BCUT2D eigenvalue weighted by molar-refractivity contribution is 8.00. The SMILES string of the molecule is CCC(Sc1nnc(-c2ccccc2NC(C)=O)c(=O)[nH]1)C(=O)Nc1cccc(OC)c1. The van der Waals surface area contributed by atoms with Crippen LogP contribution in [0.25, 0.3) is 11.3 Å². The number of methoxy groups -OCH3 is 1. The molecule has 2 aromatic carbocycles. The van der Waals surface area contributed by atoms with Crippen molar-refractivity contribution in [3.63, 3.8) is 0 Å². The second-order valence-electron chi connectivity index (χ2n) is 6.77. The fourth-order valence-electron chi connectivity index (χ4n) is 2.92. The molecule has 3 N–H and O–H groups in total. The van der Waals surface area contributed by atoms with Crippen LogP contribution in [0.4, 0.5) is 11.4 Å². The van der Waals surface area contributed by atoms with Gasteiger partial charge >= 0.3 is 0 Å². The van der Waals surface area contributed by atoms with Crippen LogP contribution in [0, 0.1) is 0 Å². The number of nitrogens with zero attached hydrogens (tertiary/aromatic N) is 2. The Bertz CT molecular complexity index is 1180. The second-order valence-corrected chi connectivity index (χ2v) is 7.96. The lowest BCUT2D eigenvalue weighted by Crippen LogP contribution is -2.25. The Morgan fingerprint density at radius 3 is 2.59 bits per heavy atom. The lowest BCUT2D eigenvalue weighted by atomic mass is 10.1. The molecule has 3 rings (SSSR count). The first-order chi connectivity index (χ1) is 15.4. The number of carbonyl (C=O) groups excluding carboxylic acids is 2. The summed E-state index contributed by atoms with van der Waals surface area (Å²) in [5, 5.41) is 13.4. The standard InChI is InChI=1S/C22H23N5O4S/c1-4-18(20(29)24-14-8-7-9-15(12-14)31-3)32-22-25-21(30)19(26-27-22)16-10-5-6-11-17(16)23-13(2)28/h5-12,18H,4H2,1-3H3,(H,23,28)(H,24,29)(H,25,27,30). The Morgan fingerprint density at radius 1 is 1.12 bits per heavy atom. The highest BCUT2D eigenvalue weighted by atomic mass is 32.2. The number of rotatable bonds is 8. The van der Waals surface area contributed by atoms with Crippen LogP contribution < -0.4 is 20.9 Å². The topological polar surface area (TPSA) is 126 Å². The van der Waals surface area contributed by atoms with Crippen molar-refractivity contribution < 1.29 is 14.3 Å². The normalized spacial score (nSPS) is 11.5. The summed E-state index contributed by atoms with van der Waals surface area (Å²) >= 11 is 1.12. The summed E-state index contributed by atoms with van der Waals surface area (Å²) in [6, 6.07) is 13.9. The number of anilines is 2. The van der Waals surface area contributed by atoms with Crippen molar-refractivity contribution in [2.24, 2.45) is 0 Å². The monoisotopic (exact) mass is 453 g/mol. The molecule has 0 aliphatic heterocycles. The fraction of sp³-hybridized carbons (Fsp3) is 0.227. The lowest BCUT2D eigenvalue weighted by molar-refractivity contribution is -0.116. The van der Waals surface area contributed by atoms with Crippen molar-refractivity contribution >= 4 is 35.0 Å². The molecule has 2 amide bonds. The first-order valence-electron chi connectivity index (χ1n) is 9.86. The minimum atomic E-state index is -0.497. The minimum absolute atomic E-state index is 0.0765. The van der Waals surface area contributed by atoms with Gasteiger partial charge in [-0.25, -0.2) is 0 Å². The third-order valence-electron chi connectivity index (χ3n) is 4.42. The van der Waals surface area contributed by atoms with E-state index >= 15 is 0 Å². The Labute approximate surface area is 189 Å².